The number of piperazine rings is 1. The number of hydrogen-bond acceptors (Lipinski definition) is 7. The normalized spacial score (nSPS) is 16.1. The Morgan fingerprint density at radius 2 is 1.76 bits per heavy atom. The number of methoxy groups -OCH3 is 2. The number of carbonyl (C=O) groups is 3. The molecule has 1 heterocycles. The summed E-state index contributed by atoms with van der Waals surface area (Å²) in [5, 5.41) is 5.60. The zero-order valence-electron chi connectivity index (χ0n) is 19.4. The highest BCUT2D eigenvalue weighted by Gasteiger charge is 2.26. The van der Waals surface area contributed by atoms with Crippen molar-refractivity contribution in [1.82, 2.24) is 4.90 Å². The molecule has 0 spiro atoms. The smallest absolute Gasteiger partial charge is 0.337 e. The minimum absolute atomic E-state index is 0.150. The summed E-state index contributed by atoms with van der Waals surface area (Å²) >= 11 is 0. The van der Waals surface area contributed by atoms with Crippen molar-refractivity contribution < 1.29 is 23.9 Å². The van der Waals surface area contributed by atoms with E-state index in [9.17, 15) is 14.4 Å². The first-order valence-corrected chi connectivity index (χ1v) is 10.7. The summed E-state index contributed by atoms with van der Waals surface area (Å²) in [4.78, 5) is 40.1. The number of hydrogen-bond donors (Lipinski definition) is 2. The van der Waals surface area contributed by atoms with Gasteiger partial charge in [0.25, 0.3) is 0 Å². The molecule has 2 N–H and O–H groups in total. The molecule has 1 atom stereocenters. The summed E-state index contributed by atoms with van der Waals surface area (Å²) < 4.78 is 10.1. The first kappa shape index (κ1) is 24.1. The Bertz CT molecular complexity index is 1010. The molecule has 0 saturated carbocycles. The lowest BCUT2D eigenvalue weighted by Gasteiger charge is -2.40. The van der Waals surface area contributed by atoms with Gasteiger partial charge in [-0.1, -0.05) is 0 Å². The quantitative estimate of drug-likeness (QED) is 0.620. The van der Waals surface area contributed by atoms with E-state index in [0.717, 1.165) is 25.3 Å². The Morgan fingerprint density at radius 3 is 2.36 bits per heavy atom. The molecule has 1 saturated heterocycles. The van der Waals surface area contributed by atoms with Crippen LogP contribution in [0.2, 0.25) is 0 Å². The maximum absolute atomic E-state index is 12.8. The molecule has 0 bridgehead atoms. The Hall–Kier alpha value is -3.59. The molecular formula is C24H30N4O5. The van der Waals surface area contributed by atoms with Crippen LogP contribution in [0.5, 0.6) is 5.75 Å². The Kier molecular flexibility index (Phi) is 7.89. The van der Waals surface area contributed by atoms with Gasteiger partial charge in [-0.2, -0.15) is 0 Å². The lowest BCUT2D eigenvalue weighted by molar-refractivity contribution is -0.118. The fourth-order valence-corrected chi connectivity index (χ4v) is 3.85. The van der Waals surface area contributed by atoms with Gasteiger partial charge in [-0.05, 0) is 49.4 Å². The molecule has 9 nitrogen and oxygen atoms in total. The number of anilines is 3. The predicted molar refractivity (Wildman–Crippen MR) is 127 cm³/mol. The molecule has 2 aromatic rings. The molecular weight excluding hydrogens is 424 g/mol. The topological polar surface area (TPSA) is 100 Å². The van der Waals surface area contributed by atoms with E-state index in [0.29, 0.717) is 22.7 Å². The fraction of sp³-hybridized carbons (Fsp3) is 0.375. The molecule has 1 aliphatic rings. The molecule has 1 aliphatic heterocycles. The lowest BCUT2D eigenvalue weighted by Crippen LogP contribution is -2.53. The van der Waals surface area contributed by atoms with E-state index in [2.05, 4.69) is 27.4 Å². The SMILES string of the molecule is COC(=O)c1ccc(N2CCN(CC(=O)Nc3cc(NC(C)=O)ccc3OC)C(C)C2)cc1. The summed E-state index contributed by atoms with van der Waals surface area (Å²) in [6.45, 7) is 5.99. The summed E-state index contributed by atoms with van der Waals surface area (Å²) in [6, 6.07) is 12.6. The van der Waals surface area contributed by atoms with Crippen LogP contribution in [0, 0.1) is 0 Å². The van der Waals surface area contributed by atoms with Crippen LogP contribution in [0.25, 0.3) is 0 Å². The van der Waals surface area contributed by atoms with Crippen molar-refractivity contribution in [2.24, 2.45) is 0 Å². The van der Waals surface area contributed by atoms with Gasteiger partial charge in [0.15, 0.2) is 0 Å². The van der Waals surface area contributed by atoms with Gasteiger partial charge in [-0.3, -0.25) is 14.5 Å². The van der Waals surface area contributed by atoms with Crippen LogP contribution in [0.15, 0.2) is 42.5 Å². The van der Waals surface area contributed by atoms with Crippen LogP contribution in [0.4, 0.5) is 17.1 Å². The molecule has 1 unspecified atom stereocenters. The largest absolute Gasteiger partial charge is 0.495 e. The van der Waals surface area contributed by atoms with E-state index in [1.54, 1.807) is 30.3 Å². The number of benzene rings is 2. The van der Waals surface area contributed by atoms with Crippen LogP contribution >= 0.6 is 0 Å². The van der Waals surface area contributed by atoms with E-state index in [1.165, 1.54) is 21.1 Å². The van der Waals surface area contributed by atoms with Gasteiger partial charge < -0.3 is 25.0 Å². The van der Waals surface area contributed by atoms with Crippen molar-refractivity contribution in [1.29, 1.82) is 0 Å². The second kappa shape index (κ2) is 10.8. The van der Waals surface area contributed by atoms with Gasteiger partial charge in [0.2, 0.25) is 11.8 Å². The van der Waals surface area contributed by atoms with E-state index in [4.69, 9.17) is 9.47 Å². The highest BCUT2D eigenvalue weighted by Crippen LogP contribution is 2.28. The number of carbonyl (C=O) groups excluding carboxylic acids is 3. The predicted octanol–water partition coefficient (Wildman–Crippen LogP) is 2.59. The summed E-state index contributed by atoms with van der Waals surface area (Å²) in [6.07, 6.45) is 0. The number of esters is 1. The number of nitrogens with zero attached hydrogens (tertiary/aromatic N) is 2. The first-order chi connectivity index (χ1) is 15.8. The van der Waals surface area contributed by atoms with Gasteiger partial charge >= 0.3 is 5.97 Å². The summed E-state index contributed by atoms with van der Waals surface area (Å²) in [7, 11) is 2.89. The van der Waals surface area contributed by atoms with Crippen LogP contribution < -0.4 is 20.3 Å². The molecule has 176 valence electrons. The number of ether oxygens (including phenoxy) is 2. The molecule has 33 heavy (non-hydrogen) atoms. The number of amides is 2. The summed E-state index contributed by atoms with van der Waals surface area (Å²) in [5.74, 6) is -0.184. The van der Waals surface area contributed by atoms with Gasteiger partial charge in [0.1, 0.15) is 5.75 Å². The molecule has 0 aromatic heterocycles. The van der Waals surface area contributed by atoms with Crippen LogP contribution in [0.3, 0.4) is 0 Å². The molecule has 1 fully saturated rings. The average Bonchev–Trinajstić information content (AvgIpc) is 2.80. The number of nitrogens with one attached hydrogen (secondary N) is 2. The first-order valence-electron chi connectivity index (χ1n) is 10.7. The van der Waals surface area contributed by atoms with Crippen LogP contribution in [0.1, 0.15) is 24.2 Å². The highest BCUT2D eigenvalue weighted by molar-refractivity contribution is 5.96. The van der Waals surface area contributed by atoms with Crippen LogP contribution in [-0.2, 0) is 14.3 Å². The third-order valence-corrected chi connectivity index (χ3v) is 5.56. The molecule has 2 amide bonds. The summed E-state index contributed by atoms with van der Waals surface area (Å²) in [5.41, 5.74) is 2.63. The Morgan fingerprint density at radius 1 is 1.03 bits per heavy atom. The monoisotopic (exact) mass is 454 g/mol. The van der Waals surface area contributed by atoms with E-state index >= 15 is 0 Å². The molecule has 9 heteroatoms. The maximum Gasteiger partial charge on any atom is 0.337 e. The second-order valence-electron chi connectivity index (χ2n) is 7.95. The zero-order chi connectivity index (χ0) is 24.0. The van der Waals surface area contributed by atoms with Crippen molar-refractivity contribution in [3.05, 3.63) is 48.0 Å². The van der Waals surface area contributed by atoms with Crippen molar-refractivity contribution in [3.8, 4) is 5.75 Å². The van der Waals surface area contributed by atoms with Gasteiger partial charge in [-0.15, -0.1) is 0 Å². The molecule has 0 aliphatic carbocycles. The molecule has 2 aromatic carbocycles. The van der Waals surface area contributed by atoms with Crippen molar-refractivity contribution in [2.45, 2.75) is 19.9 Å². The van der Waals surface area contributed by atoms with Gasteiger partial charge in [-0.25, -0.2) is 4.79 Å². The maximum atomic E-state index is 12.8. The minimum atomic E-state index is -0.356. The zero-order valence-corrected chi connectivity index (χ0v) is 19.4. The van der Waals surface area contributed by atoms with Crippen LogP contribution in [-0.4, -0.2) is 69.1 Å². The van der Waals surface area contributed by atoms with Crippen molar-refractivity contribution in [3.63, 3.8) is 0 Å². The average molecular weight is 455 g/mol. The van der Waals surface area contributed by atoms with Gasteiger partial charge in [0.05, 0.1) is 32.0 Å². The Labute approximate surface area is 193 Å². The van der Waals surface area contributed by atoms with Crippen molar-refractivity contribution >= 4 is 34.8 Å². The highest BCUT2D eigenvalue weighted by atomic mass is 16.5. The van der Waals surface area contributed by atoms with Gasteiger partial charge in [0, 0.05) is 44.0 Å². The van der Waals surface area contributed by atoms with E-state index < -0.39 is 0 Å². The Balaban J connectivity index is 1.59. The standard InChI is InChI=1S/C24H30N4O5/c1-16-14-28(20-8-5-18(6-9-20)24(31)33-4)12-11-27(16)15-23(30)26-21-13-19(25-17(2)29)7-10-22(21)32-3/h5-10,13,16H,11-12,14-15H2,1-4H3,(H,25,29)(H,26,30). The number of rotatable bonds is 7. The molecule has 0 radical (unpaired) electrons. The third kappa shape index (κ3) is 6.23. The van der Waals surface area contributed by atoms with E-state index in [-0.39, 0.29) is 30.4 Å². The second-order valence-corrected chi connectivity index (χ2v) is 7.95. The van der Waals surface area contributed by atoms with E-state index in [1.807, 2.05) is 12.1 Å². The third-order valence-electron chi connectivity index (χ3n) is 5.56. The molecule has 3 rings (SSSR count). The minimum Gasteiger partial charge on any atom is -0.495 e. The lowest BCUT2D eigenvalue weighted by atomic mass is 10.1. The fourth-order valence-electron chi connectivity index (χ4n) is 3.85. The van der Waals surface area contributed by atoms with Crippen molar-refractivity contribution in [2.75, 3.05) is 55.9 Å².